The van der Waals surface area contributed by atoms with Crippen molar-refractivity contribution >= 4 is 5.91 Å². The lowest BCUT2D eigenvalue weighted by atomic mass is 9.93. The van der Waals surface area contributed by atoms with Gasteiger partial charge < -0.3 is 10.6 Å². The maximum atomic E-state index is 13.6. The van der Waals surface area contributed by atoms with E-state index < -0.39 is 0 Å². The highest BCUT2D eigenvalue weighted by molar-refractivity contribution is 5.77. The third-order valence-electron chi connectivity index (χ3n) is 3.45. The standard InChI is InChI=1S/C16H26FN3O/c1-16(2,11-18)12-19(3)10-15(21)20(4)9-13-7-5-6-8-14(13)17/h5-8H,9-12,18H2,1-4H3. The number of carbonyl (C=O) groups is 1. The Balaban J connectivity index is 2.53. The van der Waals surface area contributed by atoms with Gasteiger partial charge in [-0.15, -0.1) is 0 Å². The van der Waals surface area contributed by atoms with E-state index in [1.807, 2.05) is 11.9 Å². The second-order valence-corrected chi connectivity index (χ2v) is 6.38. The fourth-order valence-electron chi connectivity index (χ4n) is 2.17. The highest BCUT2D eigenvalue weighted by Gasteiger charge is 2.20. The molecule has 1 rings (SSSR count). The van der Waals surface area contributed by atoms with E-state index in [-0.39, 0.29) is 23.7 Å². The second kappa shape index (κ2) is 7.52. The minimum atomic E-state index is -0.283. The summed E-state index contributed by atoms with van der Waals surface area (Å²) < 4.78 is 13.6. The molecule has 5 heteroatoms. The molecule has 0 aliphatic rings. The molecule has 0 unspecified atom stereocenters. The van der Waals surface area contributed by atoms with Crippen molar-refractivity contribution in [1.29, 1.82) is 0 Å². The molecular formula is C16H26FN3O. The second-order valence-electron chi connectivity index (χ2n) is 6.38. The molecule has 0 aliphatic carbocycles. The number of benzene rings is 1. The Labute approximate surface area is 126 Å². The minimum absolute atomic E-state index is 0.0286. The fourth-order valence-corrected chi connectivity index (χ4v) is 2.17. The van der Waals surface area contributed by atoms with Crippen LogP contribution in [0.2, 0.25) is 0 Å². The third kappa shape index (κ3) is 5.81. The fraction of sp³-hybridized carbons (Fsp3) is 0.562. The van der Waals surface area contributed by atoms with Crippen LogP contribution in [0.3, 0.4) is 0 Å². The first-order chi connectivity index (χ1) is 9.75. The number of nitrogens with zero attached hydrogens (tertiary/aromatic N) is 2. The normalized spacial score (nSPS) is 11.8. The van der Waals surface area contributed by atoms with Crippen molar-refractivity contribution in [3.05, 3.63) is 35.6 Å². The van der Waals surface area contributed by atoms with Crippen molar-refractivity contribution in [1.82, 2.24) is 9.80 Å². The first-order valence-corrected chi connectivity index (χ1v) is 7.11. The van der Waals surface area contributed by atoms with Gasteiger partial charge in [0.2, 0.25) is 5.91 Å². The molecule has 1 aromatic rings. The van der Waals surface area contributed by atoms with Gasteiger partial charge in [0.15, 0.2) is 0 Å². The van der Waals surface area contributed by atoms with E-state index in [4.69, 9.17) is 5.73 Å². The van der Waals surface area contributed by atoms with Crippen LogP contribution in [0.15, 0.2) is 24.3 Å². The molecule has 0 aliphatic heterocycles. The van der Waals surface area contributed by atoms with E-state index in [9.17, 15) is 9.18 Å². The van der Waals surface area contributed by atoms with Crippen LogP contribution in [0.25, 0.3) is 0 Å². The van der Waals surface area contributed by atoms with E-state index in [0.29, 0.717) is 18.7 Å². The van der Waals surface area contributed by atoms with Gasteiger partial charge in [0, 0.05) is 25.7 Å². The maximum absolute atomic E-state index is 13.6. The summed E-state index contributed by atoms with van der Waals surface area (Å²) in [5.41, 5.74) is 6.20. The molecule has 0 radical (unpaired) electrons. The number of likely N-dealkylation sites (N-methyl/N-ethyl adjacent to an activating group) is 2. The molecule has 0 spiro atoms. The zero-order chi connectivity index (χ0) is 16.0. The monoisotopic (exact) mass is 295 g/mol. The Morgan fingerprint density at radius 2 is 1.90 bits per heavy atom. The van der Waals surface area contributed by atoms with Crippen LogP contribution in [0, 0.1) is 11.2 Å². The summed E-state index contributed by atoms with van der Waals surface area (Å²) in [5, 5.41) is 0. The summed E-state index contributed by atoms with van der Waals surface area (Å²) in [6.45, 7) is 6.02. The predicted octanol–water partition coefficient (Wildman–Crippen LogP) is 1.70. The molecule has 0 fully saturated rings. The van der Waals surface area contributed by atoms with Gasteiger partial charge in [-0.1, -0.05) is 32.0 Å². The molecule has 0 atom stereocenters. The molecule has 0 saturated heterocycles. The number of hydrogen-bond acceptors (Lipinski definition) is 3. The lowest BCUT2D eigenvalue weighted by molar-refractivity contribution is -0.131. The molecule has 1 amide bonds. The molecule has 1 aromatic carbocycles. The summed E-state index contributed by atoms with van der Waals surface area (Å²) in [5.74, 6) is -0.316. The van der Waals surface area contributed by atoms with Crippen LogP contribution in [0.4, 0.5) is 4.39 Å². The summed E-state index contributed by atoms with van der Waals surface area (Å²) in [4.78, 5) is 15.7. The van der Waals surface area contributed by atoms with Crippen molar-refractivity contribution in [3.8, 4) is 0 Å². The van der Waals surface area contributed by atoms with Gasteiger partial charge >= 0.3 is 0 Å². The van der Waals surface area contributed by atoms with Gasteiger partial charge in [0.05, 0.1) is 6.54 Å². The lowest BCUT2D eigenvalue weighted by Crippen LogP contribution is -2.42. The molecular weight excluding hydrogens is 269 g/mol. The zero-order valence-electron chi connectivity index (χ0n) is 13.4. The molecule has 21 heavy (non-hydrogen) atoms. The number of halogens is 1. The molecule has 0 aromatic heterocycles. The van der Waals surface area contributed by atoms with Gasteiger partial charge in [-0.2, -0.15) is 0 Å². The SMILES string of the molecule is CN(CC(=O)N(C)Cc1ccccc1F)CC(C)(C)CN. The van der Waals surface area contributed by atoms with E-state index in [1.54, 1.807) is 30.1 Å². The summed E-state index contributed by atoms with van der Waals surface area (Å²) in [7, 11) is 3.59. The Hall–Kier alpha value is -1.46. The largest absolute Gasteiger partial charge is 0.340 e. The molecule has 0 bridgehead atoms. The molecule has 0 heterocycles. The summed E-state index contributed by atoms with van der Waals surface area (Å²) in [6, 6.07) is 6.51. The van der Waals surface area contributed by atoms with E-state index in [0.717, 1.165) is 6.54 Å². The lowest BCUT2D eigenvalue weighted by Gasteiger charge is -2.29. The van der Waals surface area contributed by atoms with Gasteiger partial charge in [-0.05, 0) is 25.1 Å². The third-order valence-corrected chi connectivity index (χ3v) is 3.45. The number of hydrogen-bond donors (Lipinski definition) is 1. The number of amides is 1. The number of rotatable bonds is 7. The molecule has 118 valence electrons. The van der Waals surface area contributed by atoms with Crippen LogP contribution >= 0.6 is 0 Å². The molecule has 0 saturated carbocycles. The Bertz CT molecular complexity index is 476. The van der Waals surface area contributed by atoms with E-state index >= 15 is 0 Å². The van der Waals surface area contributed by atoms with Crippen LogP contribution < -0.4 is 5.73 Å². The van der Waals surface area contributed by atoms with Gasteiger partial charge in [-0.25, -0.2) is 4.39 Å². The van der Waals surface area contributed by atoms with Gasteiger partial charge in [0.25, 0.3) is 0 Å². The molecule has 4 nitrogen and oxygen atoms in total. The Kier molecular flexibility index (Phi) is 6.30. The molecule has 2 N–H and O–H groups in total. The summed E-state index contributed by atoms with van der Waals surface area (Å²) >= 11 is 0. The van der Waals surface area contributed by atoms with Gasteiger partial charge in [-0.3, -0.25) is 9.69 Å². The van der Waals surface area contributed by atoms with Crippen LogP contribution in [-0.4, -0.2) is 49.4 Å². The first-order valence-electron chi connectivity index (χ1n) is 7.11. The zero-order valence-corrected chi connectivity index (χ0v) is 13.4. The topological polar surface area (TPSA) is 49.6 Å². The minimum Gasteiger partial charge on any atom is -0.340 e. The van der Waals surface area contributed by atoms with E-state index in [2.05, 4.69) is 13.8 Å². The first kappa shape index (κ1) is 17.6. The quantitative estimate of drug-likeness (QED) is 0.833. The number of carbonyl (C=O) groups excluding carboxylic acids is 1. The van der Waals surface area contributed by atoms with Crippen molar-refractivity contribution in [3.63, 3.8) is 0 Å². The highest BCUT2D eigenvalue weighted by Crippen LogP contribution is 2.14. The highest BCUT2D eigenvalue weighted by atomic mass is 19.1. The average molecular weight is 295 g/mol. The van der Waals surface area contributed by atoms with Gasteiger partial charge in [0.1, 0.15) is 5.82 Å². The van der Waals surface area contributed by atoms with Crippen LogP contribution in [-0.2, 0) is 11.3 Å². The van der Waals surface area contributed by atoms with Crippen molar-refractivity contribution < 1.29 is 9.18 Å². The summed E-state index contributed by atoms with van der Waals surface area (Å²) in [6.07, 6.45) is 0. The van der Waals surface area contributed by atoms with Crippen LogP contribution in [0.1, 0.15) is 19.4 Å². The van der Waals surface area contributed by atoms with Crippen molar-refractivity contribution in [2.24, 2.45) is 11.1 Å². The van der Waals surface area contributed by atoms with Crippen molar-refractivity contribution in [2.45, 2.75) is 20.4 Å². The van der Waals surface area contributed by atoms with Crippen LogP contribution in [0.5, 0.6) is 0 Å². The maximum Gasteiger partial charge on any atom is 0.236 e. The average Bonchev–Trinajstić information content (AvgIpc) is 2.40. The predicted molar refractivity (Wildman–Crippen MR) is 83.2 cm³/mol. The van der Waals surface area contributed by atoms with Crippen molar-refractivity contribution in [2.75, 3.05) is 33.7 Å². The Morgan fingerprint density at radius 3 is 2.48 bits per heavy atom. The number of nitrogens with two attached hydrogens (primary N) is 1. The Morgan fingerprint density at radius 1 is 1.29 bits per heavy atom. The smallest absolute Gasteiger partial charge is 0.236 e. The van der Waals surface area contributed by atoms with E-state index in [1.165, 1.54) is 6.07 Å².